The van der Waals surface area contributed by atoms with Gasteiger partial charge in [-0.1, -0.05) is 23.7 Å². The van der Waals surface area contributed by atoms with Crippen LogP contribution in [-0.4, -0.2) is 49.8 Å². The van der Waals surface area contributed by atoms with Crippen LogP contribution in [0.5, 0.6) is 11.5 Å². The van der Waals surface area contributed by atoms with Crippen LogP contribution in [0.4, 0.5) is 5.69 Å². The Hall–Kier alpha value is -2.77. The second kappa shape index (κ2) is 9.82. The smallest absolute Gasteiger partial charge is 0.227 e. The Labute approximate surface area is 180 Å². The zero-order valence-electron chi connectivity index (χ0n) is 16.9. The molecule has 3 rings (SSSR count). The van der Waals surface area contributed by atoms with Crippen LogP contribution >= 0.6 is 11.6 Å². The predicted octanol–water partition coefficient (Wildman–Crippen LogP) is 2.57. The maximum absolute atomic E-state index is 12.5. The number of hydrogen-bond acceptors (Lipinski definition) is 5. The van der Waals surface area contributed by atoms with Gasteiger partial charge in [-0.25, -0.2) is 0 Å². The van der Waals surface area contributed by atoms with Crippen molar-refractivity contribution in [2.24, 2.45) is 5.92 Å². The van der Waals surface area contributed by atoms with Crippen LogP contribution in [-0.2, 0) is 9.59 Å². The first kappa shape index (κ1) is 21.9. The lowest BCUT2D eigenvalue weighted by atomic mass is 10.1. The van der Waals surface area contributed by atoms with Crippen LogP contribution in [0.15, 0.2) is 42.5 Å². The van der Waals surface area contributed by atoms with E-state index in [4.69, 9.17) is 21.1 Å². The van der Waals surface area contributed by atoms with Crippen molar-refractivity contribution in [1.29, 1.82) is 0 Å². The van der Waals surface area contributed by atoms with Crippen LogP contribution in [0.2, 0.25) is 5.02 Å². The highest BCUT2D eigenvalue weighted by atomic mass is 35.5. The largest absolute Gasteiger partial charge is 0.495 e. The highest BCUT2D eigenvalue weighted by molar-refractivity contribution is 6.31. The van der Waals surface area contributed by atoms with Gasteiger partial charge < -0.3 is 24.8 Å². The molecule has 0 radical (unpaired) electrons. The quantitative estimate of drug-likeness (QED) is 0.669. The lowest BCUT2D eigenvalue weighted by molar-refractivity contribution is -0.126. The Bertz CT molecular complexity index is 920. The number of amides is 2. The zero-order chi connectivity index (χ0) is 21.7. The van der Waals surface area contributed by atoms with Gasteiger partial charge in [0.1, 0.15) is 24.2 Å². The summed E-state index contributed by atoms with van der Waals surface area (Å²) in [7, 11) is 1.51. The summed E-state index contributed by atoms with van der Waals surface area (Å²) in [5.74, 6) is 0.178. The maximum atomic E-state index is 12.5. The molecule has 1 heterocycles. The highest BCUT2D eigenvalue weighted by Crippen LogP contribution is 2.35. The number of benzene rings is 2. The van der Waals surface area contributed by atoms with Gasteiger partial charge in [0.05, 0.1) is 18.7 Å². The van der Waals surface area contributed by atoms with Crippen LogP contribution < -0.4 is 19.7 Å². The summed E-state index contributed by atoms with van der Waals surface area (Å²) in [6, 6.07) is 12.5. The minimum Gasteiger partial charge on any atom is -0.495 e. The zero-order valence-corrected chi connectivity index (χ0v) is 17.7. The molecule has 0 aromatic heterocycles. The van der Waals surface area contributed by atoms with Gasteiger partial charge in [-0.3, -0.25) is 9.59 Å². The summed E-state index contributed by atoms with van der Waals surface area (Å²) in [5, 5.41) is 13.3. The number of rotatable bonds is 8. The molecule has 0 spiro atoms. The molecule has 2 aromatic carbocycles. The maximum Gasteiger partial charge on any atom is 0.227 e. The van der Waals surface area contributed by atoms with E-state index in [2.05, 4.69) is 5.32 Å². The first-order valence-electron chi connectivity index (χ1n) is 9.66. The Morgan fingerprint density at radius 1 is 1.33 bits per heavy atom. The molecule has 30 heavy (non-hydrogen) atoms. The summed E-state index contributed by atoms with van der Waals surface area (Å²) >= 11 is 6.05. The number of anilines is 1. The standard InChI is InChI=1S/C22H25ClN2O5/c1-14-4-3-5-18(8-14)30-13-17(26)11-24-22(28)15-9-21(27)25(12-15)19-10-16(23)6-7-20(19)29-2/h3-8,10,15,17,26H,9,11-13H2,1-2H3,(H,24,28). The number of carbonyl (C=O) groups is 2. The van der Waals surface area contributed by atoms with Crippen molar-refractivity contribution in [2.45, 2.75) is 19.4 Å². The second-order valence-electron chi connectivity index (χ2n) is 7.25. The Morgan fingerprint density at radius 2 is 2.13 bits per heavy atom. The van der Waals surface area contributed by atoms with E-state index >= 15 is 0 Å². The fourth-order valence-corrected chi connectivity index (χ4v) is 3.48. The summed E-state index contributed by atoms with van der Waals surface area (Å²) < 4.78 is 10.9. The molecule has 1 fully saturated rings. The lowest BCUT2D eigenvalue weighted by Crippen LogP contribution is -2.39. The SMILES string of the molecule is COc1ccc(Cl)cc1N1CC(C(=O)NCC(O)COc2cccc(C)c2)CC1=O. The molecule has 1 aliphatic rings. The predicted molar refractivity (Wildman–Crippen MR) is 114 cm³/mol. The van der Waals surface area contributed by atoms with E-state index < -0.39 is 12.0 Å². The van der Waals surface area contributed by atoms with Crippen LogP contribution in [0.25, 0.3) is 0 Å². The third-order valence-corrected chi connectivity index (χ3v) is 5.11. The molecular weight excluding hydrogens is 408 g/mol. The van der Waals surface area contributed by atoms with Crippen molar-refractivity contribution < 1.29 is 24.2 Å². The van der Waals surface area contributed by atoms with Crippen LogP contribution in [0.1, 0.15) is 12.0 Å². The summed E-state index contributed by atoms with van der Waals surface area (Å²) in [6.45, 7) is 2.26. The first-order valence-corrected chi connectivity index (χ1v) is 10.0. The molecule has 8 heteroatoms. The number of hydrogen-bond donors (Lipinski definition) is 2. The van der Waals surface area contributed by atoms with E-state index in [0.29, 0.717) is 22.2 Å². The molecule has 2 aromatic rings. The number of carbonyl (C=O) groups excluding carboxylic acids is 2. The third kappa shape index (κ3) is 5.43. The molecule has 2 unspecified atom stereocenters. The number of ether oxygens (including phenoxy) is 2. The Morgan fingerprint density at radius 3 is 2.87 bits per heavy atom. The second-order valence-corrected chi connectivity index (χ2v) is 7.68. The van der Waals surface area contributed by atoms with E-state index in [-0.39, 0.29) is 37.9 Å². The fourth-order valence-electron chi connectivity index (χ4n) is 3.31. The van der Waals surface area contributed by atoms with Gasteiger partial charge in [-0.05, 0) is 42.8 Å². The summed E-state index contributed by atoms with van der Waals surface area (Å²) in [6.07, 6.45) is -0.784. The van der Waals surface area contributed by atoms with Gasteiger partial charge in [-0.2, -0.15) is 0 Å². The molecule has 1 aliphatic heterocycles. The topological polar surface area (TPSA) is 88.1 Å². The van der Waals surface area contributed by atoms with Crippen molar-refractivity contribution in [3.63, 3.8) is 0 Å². The van der Waals surface area contributed by atoms with Gasteiger partial charge in [-0.15, -0.1) is 0 Å². The summed E-state index contributed by atoms with van der Waals surface area (Å²) in [4.78, 5) is 26.5. The molecule has 2 atom stereocenters. The minimum atomic E-state index is -0.865. The molecule has 1 saturated heterocycles. The van der Waals surface area contributed by atoms with Crippen molar-refractivity contribution in [2.75, 3.05) is 31.7 Å². The van der Waals surface area contributed by atoms with E-state index in [0.717, 1.165) is 5.56 Å². The molecule has 2 N–H and O–H groups in total. The van der Waals surface area contributed by atoms with Crippen LogP contribution in [0.3, 0.4) is 0 Å². The number of aliphatic hydroxyl groups excluding tert-OH is 1. The van der Waals surface area contributed by atoms with Gasteiger partial charge in [0, 0.05) is 24.5 Å². The van der Waals surface area contributed by atoms with Gasteiger partial charge in [0.15, 0.2) is 0 Å². The first-order chi connectivity index (χ1) is 14.4. The lowest BCUT2D eigenvalue weighted by Gasteiger charge is -2.20. The number of nitrogens with one attached hydrogen (secondary N) is 1. The normalized spacial score (nSPS) is 17.0. The van der Waals surface area contributed by atoms with Crippen LogP contribution in [0, 0.1) is 12.8 Å². The molecule has 0 bridgehead atoms. The van der Waals surface area contributed by atoms with Gasteiger partial charge >= 0.3 is 0 Å². The summed E-state index contributed by atoms with van der Waals surface area (Å²) in [5.41, 5.74) is 1.60. The van der Waals surface area contributed by atoms with Crippen molar-refractivity contribution >= 4 is 29.1 Å². The number of halogens is 1. The monoisotopic (exact) mass is 432 g/mol. The fraction of sp³-hybridized carbons (Fsp3) is 0.364. The van der Waals surface area contributed by atoms with E-state index in [1.165, 1.54) is 12.0 Å². The van der Waals surface area contributed by atoms with Crippen molar-refractivity contribution in [3.8, 4) is 11.5 Å². The van der Waals surface area contributed by atoms with Crippen molar-refractivity contribution in [1.82, 2.24) is 5.32 Å². The van der Waals surface area contributed by atoms with Gasteiger partial charge in [0.25, 0.3) is 0 Å². The molecule has 0 aliphatic carbocycles. The minimum absolute atomic E-state index is 0.0375. The average molecular weight is 433 g/mol. The van der Waals surface area contributed by atoms with E-state index in [9.17, 15) is 14.7 Å². The van der Waals surface area contributed by atoms with E-state index in [1.807, 2.05) is 25.1 Å². The Balaban J connectivity index is 1.51. The Kier molecular flexibility index (Phi) is 7.18. The molecule has 7 nitrogen and oxygen atoms in total. The van der Waals surface area contributed by atoms with Gasteiger partial charge in [0.2, 0.25) is 11.8 Å². The average Bonchev–Trinajstić information content (AvgIpc) is 3.12. The molecular formula is C22H25ClN2O5. The van der Waals surface area contributed by atoms with E-state index in [1.54, 1.807) is 24.3 Å². The third-order valence-electron chi connectivity index (χ3n) is 4.87. The molecule has 160 valence electrons. The number of aliphatic hydroxyl groups is 1. The number of nitrogens with zero attached hydrogens (tertiary/aromatic N) is 1. The van der Waals surface area contributed by atoms with Crippen molar-refractivity contribution in [3.05, 3.63) is 53.1 Å². The molecule has 0 saturated carbocycles. The number of methoxy groups -OCH3 is 1. The number of aryl methyl sites for hydroxylation is 1. The molecule has 2 amide bonds. The highest BCUT2D eigenvalue weighted by Gasteiger charge is 2.36.